The third kappa shape index (κ3) is 5.98. The van der Waals surface area contributed by atoms with Gasteiger partial charge in [-0.1, -0.05) is 31.0 Å². The third-order valence-corrected chi connectivity index (χ3v) is 9.37. The number of methoxy groups -OCH3 is 1. The van der Waals surface area contributed by atoms with Gasteiger partial charge >= 0.3 is 12.1 Å². The third-order valence-electron chi connectivity index (χ3n) is 8.73. The molecule has 1 saturated carbocycles. The number of carboxylic acid groups (broad SMARTS) is 1. The summed E-state index contributed by atoms with van der Waals surface area (Å²) >= 11 is 1.57. The first-order chi connectivity index (χ1) is 20.2. The Morgan fingerprint density at radius 2 is 1.88 bits per heavy atom. The molecule has 5 rings (SSSR count). The van der Waals surface area contributed by atoms with Gasteiger partial charge in [-0.25, -0.2) is 14.8 Å². The number of rotatable bonds is 10. The molecule has 7 nitrogen and oxygen atoms in total. The van der Waals surface area contributed by atoms with Crippen molar-refractivity contribution in [3.05, 3.63) is 53.9 Å². The van der Waals surface area contributed by atoms with E-state index in [-0.39, 0.29) is 24.6 Å². The Morgan fingerprint density at radius 1 is 1.17 bits per heavy atom. The lowest BCUT2D eigenvalue weighted by Crippen LogP contribution is -2.42. The topological polar surface area (TPSA) is 87.6 Å². The van der Waals surface area contributed by atoms with E-state index >= 15 is 0 Å². The molecule has 2 aliphatic rings. The molecule has 11 heteroatoms. The highest BCUT2D eigenvalue weighted by Gasteiger charge is 2.59. The van der Waals surface area contributed by atoms with Crippen LogP contribution in [0.4, 0.5) is 24.7 Å². The standard InChI is InChI=1S/C31H37F3N4O3S/c1-41-26-8-4-3-7-22(26)20-11-16-38(17-12-20)27-23-19-21(35-25(28(39)40)13-18-42-2)9-10-24(23)36-29(37-27)30(31(32,33)34)14-5-6-15-30/h3-4,7-10,19-20,25,35H,5-6,11-18H2,1-2H3,(H,39,40)/t25-/m0/s1. The number of benzene rings is 2. The number of halogens is 3. The van der Waals surface area contributed by atoms with Crippen LogP contribution in [0.2, 0.25) is 0 Å². The quantitative estimate of drug-likeness (QED) is 0.256. The molecule has 1 aliphatic heterocycles. The van der Waals surface area contributed by atoms with E-state index in [1.807, 2.05) is 24.5 Å². The number of fused-ring (bicyclic) bond motifs is 1. The molecule has 1 saturated heterocycles. The van der Waals surface area contributed by atoms with Crippen LogP contribution in [0, 0.1) is 0 Å². The predicted molar refractivity (Wildman–Crippen MR) is 161 cm³/mol. The molecule has 1 atom stereocenters. The van der Waals surface area contributed by atoms with Crippen molar-refractivity contribution >= 4 is 40.1 Å². The van der Waals surface area contributed by atoms with Crippen molar-refractivity contribution in [2.45, 2.75) is 68.5 Å². The molecule has 1 aromatic heterocycles. The molecule has 226 valence electrons. The van der Waals surface area contributed by atoms with Gasteiger partial charge in [-0.05, 0) is 79.9 Å². The zero-order valence-electron chi connectivity index (χ0n) is 23.9. The number of piperidine rings is 1. The highest BCUT2D eigenvalue weighted by Crippen LogP contribution is 2.52. The van der Waals surface area contributed by atoms with Crippen LogP contribution in [0.3, 0.4) is 0 Å². The van der Waals surface area contributed by atoms with E-state index in [0.29, 0.717) is 60.5 Å². The highest BCUT2D eigenvalue weighted by atomic mass is 32.2. The van der Waals surface area contributed by atoms with Crippen LogP contribution in [0.5, 0.6) is 5.75 Å². The van der Waals surface area contributed by atoms with Crippen molar-refractivity contribution in [2.75, 3.05) is 42.4 Å². The maximum atomic E-state index is 14.6. The summed E-state index contributed by atoms with van der Waals surface area (Å²) in [6.45, 7) is 1.22. The Hall–Kier alpha value is -3.21. The Morgan fingerprint density at radius 3 is 2.52 bits per heavy atom. The molecule has 2 heterocycles. The molecular formula is C31H37F3N4O3S. The summed E-state index contributed by atoms with van der Waals surface area (Å²) in [7, 11) is 1.66. The van der Waals surface area contributed by atoms with Crippen LogP contribution in [0.1, 0.15) is 62.3 Å². The van der Waals surface area contributed by atoms with Gasteiger partial charge in [-0.3, -0.25) is 0 Å². The van der Waals surface area contributed by atoms with Gasteiger partial charge in [0, 0.05) is 24.2 Å². The average molecular weight is 603 g/mol. The van der Waals surface area contributed by atoms with Gasteiger partial charge in [0.25, 0.3) is 0 Å². The molecule has 2 aromatic carbocycles. The number of carboxylic acids is 1. The zero-order chi connectivity index (χ0) is 29.9. The first kappa shape index (κ1) is 30.3. The van der Waals surface area contributed by atoms with E-state index in [9.17, 15) is 23.1 Å². The first-order valence-corrected chi connectivity index (χ1v) is 15.8. The largest absolute Gasteiger partial charge is 0.496 e. The maximum absolute atomic E-state index is 14.6. The number of aliphatic carboxylic acids is 1. The minimum absolute atomic E-state index is 0.0211. The SMILES string of the molecule is COc1ccccc1C1CCN(c2nc(C3(C(F)(F)F)CCCC3)nc3ccc(N[C@@H](CCSC)C(=O)O)cc23)CC1. The fourth-order valence-corrected chi connectivity index (χ4v) is 6.84. The number of thioether (sulfide) groups is 1. The van der Waals surface area contributed by atoms with Crippen molar-refractivity contribution in [3.8, 4) is 5.75 Å². The van der Waals surface area contributed by atoms with E-state index in [4.69, 9.17) is 9.72 Å². The van der Waals surface area contributed by atoms with Crippen LogP contribution in [0.15, 0.2) is 42.5 Å². The molecular weight excluding hydrogens is 565 g/mol. The van der Waals surface area contributed by atoms with Gasteiger partial charge in [0.05, 0.1) is 12.6 Å². The lowest BCUT2D eigenvalue weighted by molar-refractivity contribution is -0.191. The van der Waals surface area contributed by atoms with E-state index in [2.05, 4.69) is 21.3 Å². The molecule has 0 spiro atoms. The molecule has 0 bridgehead atoms. The summed E-state index contributed by atoms with van der Waals surface area (Å²) < 4.78 is 49.4. The number of nitrogens with zero attached hydrogens (tertiary/aromatic N) is 3. The lowest BCUT2D eigenvalue weighted by Gasteiger charge is -2.36. The number of hydrogen-bond acceptors (Lipinski definition) is 7. The molecule has 0 amide bonds. The summed E-state index contributed by atoms with van der Waals surface area (Å²) in [6.07, 6.45) is 0.398. The number of anilines is 2. The summed E-state index contributed by atoms with van der Waals surface area (Å²) in [5.74, 6) is 1.13. The number of hydrogen-bond donors (Lipinski definition) is 2. The molecule has 2 N–H and O–H groups in total. The van der Waals surface area contributed by atoms with Crippen LogP contribution in [0.25, 0.3) is 10.9 Å². The van der Waals surface area contributed by atoms with Gasteiger partial charge in [0.15, 0.2) is 0 Å². The van der Waals surface area contributed by atoms with Crippen LogP contribution in [-0.4, -0.2) is 65.5 Å². The fourth-order valence-electron chi connectivity index (χ4n) is 6.37. The summed E-state index contributed by atoms with van der Waals surface area (Å²) in [5, 5.41) is 13.4. The Labute approximate surface area is 248 Å². The second-order valence-corrected chi connectivity index (χ2v) is 12.2. The summed E-state index contributed by atoms with van der Waals surface area (Å²) in [6, 6.07) is 12.3. The smallest absolute Gasteiger partial charge is 0.401 e. The van der Waals surface area contributed by atoms with Gasteiger partial charge in [-0.2, -0.15) is 24.9 Å². The van der Waals surface area contributed by atoms with Crippen LogP contribution in [-0.2, 0) is 10.2 Å². The van der Waals surface area contributed by atoms with E-state index < -0.39 is 23.6 Å². The van der Waals surface area contributed by atoms with Gasteiger partial charge in [-0.15, -0.1) is 0 Å². The molecule has 3 aromatic rings. The number of carbonyl (C=O) groups is 1. The summed E-state index contributed by atoms with van der Waals surface area (Å²) in [4.78, 5) is 23.2. The Balaban J connectivity index is 1.53. The van der Waals surface area contributed by atoms with Gasteiger partial charge < -0.3 is 20.1 Å². The van der Waals surface area contributed by atoms with Gasteiger partial charge in [0.2, 0.25) is 0 Å². The number of para-hydroxylation sites is 1. The van der Waals surface area contributed by atoms with E-state index in [1.165, 1.54) is 0 Å². The lowest BCUT2D eigenvalue weighted by atomic mass is 9.84. The van der Waals surface area contributed by atoms with E-state index in [1.54, 1.807) is 37.1 Å². The van der Waals surface area contributed by atoms with Crippen molar-refractivity contribution < 1.29 is 27.8 Å². The molecule has 1 aliphatic carbocycles. The number of ether oxygens (including phenoxy) is 1. The molecule has 2 fully saturated rings. The van der Waals surface area contributed by atoms with E-state index in [0.717, 1.165) is 24.2 Å². The minimum atomic E-state index is -4.46. The maximum Gasteiger partial charge on any atom is 0.401 e. The fraction of sp³-hybridized carbons (Fsp3) is 0.516. The zero-order valence-corrected chi connectivity index (χ0v) is 24.7. The minimum Gasteiger partial charge on any atom is -0.496 e. The second-order valence-electron chi connectivity index (χ2n) is 11.2. The Bertz CT molecular complexity index is 1410. The second kappa shape index (κ2) is 12.6. The Kier molecular flexibility index (Phi) is 9.05. The van der Waals surface area contributed by atoms with Gasteiger partial charge in [0.1, 0.15) is 28.8 Å². The predicted octanol–water partition coefficient (Wildman–Crippen LogP) is 7.01. The van der Waals surface area contributed by atoms with Crippen molar-refractivity contribution in [2.24, 2.45) is 0 Å². The van der Waals surface area contributed by atoms with Crippen molar-refractivity contribution in [3.63, 3.8) is 0 Å². The van der Waals surface area contributed by atoms with Crippen molar-refractivity contribution in [1.29, 1.82) is 0 Å². The number of aromatic nitrogens is 2. The molecule has 0 unspecified atom stereocenters. The number of alkyl halides is 3. The van der Waals surface area contributed by atoms with Crippen LogP contribution >= 0.6 is 11.8 Å². The highest BCUT2D eigenvalue weighted by molar-refractivity contribution is 7.98. The summed E-state index contributed by atoms with van der Waals surface area (Å²) in [5.41, 5.74) is 0.0728. The van der Waals surface area contributed by atoms with Crippen LogP contribution < -0.4 is 15.0 Å². The van der Waals surface area contributed by atoms with Crippen molar-refractivity contribution in [1.82, 2.24) is 9.97 Å². The first-order valence-electron chi connectivity index (χ1n) is 14.4. The molecule has 0 radical (unpaired) electrons. The normalized spacial score (nSPS) is 18.3. The number of nitrogens with one attached hydrogen (secondary N) is 1. The monoisotopic (exact) mass is 602 g/mol. The average Bonchev–Trinajstić information content (AvgIpc) is 3.51. The molecule has 42 heavy (non-hydrogen) atoms.